The van der Waals surface area contributed by atoms with Gasteiger partial charge in [-0.15, -0.1) is 11.3 Å². The van der Waals surface area contributed by atoms with Crippen LogP contribution >= 0.6 is 11.3 Å². The van der Waals surface area contributed by atoms with E-state index in [9.17, 15) is 9.59 Å². The van der Waals surface area contributed by atoms with E-state index < -0.39 is 19.8 Å². The Morgan fingerprint density at radius 1 is 1.15 bits per heavy atom. The minimum absolute atomic E-state index is 0.0410. The number of nitrogens with zero attached hydrogens (tertiary/aromatic N) is 1. The van der Waals surface area contributed by atoms with Gasteiger partial charge in [0, 0.05) is 16.7 Å². The third-order valence-electron chi connectivity index (χ3n) is 9.93. The summed E-state index contributed by atoms with van der Waals surface area (Å²) in [5, 5.41) is 6.38. The van der Waals surface area contributed by atoms with Crippen molar-refractivity contribution in [2.75, 3.05) is 0 Å². The average molecular weight is 603 g/mol. The zero-order valence-electron chi connectivity index (χ0n) is 28.2. The average Bonchev–Trinajstić information content (AvgIpc) is 3.26. The van der Waals surface area contributed by atoms with Crippen molar-refractivity contribution in [2.24, 2.45) is 23.2 Å². The van der Waals surface area contributed by atoms with Crippen LogP contribution in [0, 0.1) is 30.1 Å². The first-order chi connectivity index (χ1) is 18.8. The normalized spacial score (nSPS) is 29.5. The van der Waals surface area contributed by atoms with E-state index in [0.717, 1.165) is 42.0 Å². The molecule has 2 heterocycles. The van der Waals surface area contributed by atoms with Crippen LogP contribution in [-0.2, 0) is 14.0 Å². The van der Waals surface area contributed by atoms with Crippen LogP contribution in [0.2, 0.25) is 18.1 Å². The molecule has 0 fully saturated rings. The summed E-state index contributed by atoms with van der Waals surface area (Å²) in [5.41, 5.74) is 2.48. The predicted molar refractivity (Wildman–Crippen MR) is 178 cm³/mol. The van der Waals surface area contributed by atoms with Crippen molar-refractivity contribution in [2.45, 2.75) is 139 Å². The van der Waals surface area contributed by atoms with Crippen molar-refractivity contribution >= 4 is 37.4 Å². The van der Waals surface area contributed by atoms with Crippen molar-refractivity contribution in [1.29, 1.82) is 0 Å². The van der Waals surface area contributed by atoms with Crippen molar-refractivity contribution in [1.82, 2.24) is 10.3 Å². The Balaban J connectivity index is 2.54. The van der Waals surface area contributed by atoms with Crippen LogP contribution in [0.4, 0.5) is 0 Å². The van der Waals surface area contributed by atoms with Gasteiger partial charge in [0.05, 0.1) is 29.3 Å². The van der Waals surface area contributed by atoms with Gasteiger partial charge in [0.25, 0.3) is 0 Å². The number of aryl methyl sites for hydroxylation is 1. The number of Topliss-reactive ketones (excluding diaryl/α,β-unsaturated/α-hetero) is 1. The SMILES string of the molecule is C/C1=C/CCC[C@H](C)[C@H](C)[C@@H](C)C(=O)C(C)(C)[C@@H](O[Si](C)(C)C(C)(C)C)CC(=O)N[C@H](/C(C)=C/c2csc(C)n2)C1. The maximum absolute atomic E-state index is 14.2. The summed E-state index contributed by atoms with van der Waals surface area (Å²) in [7, 11) is -2.27. The molecule has 1 amide bonds. The minimum Gasteiger partial charge on any atom is -0.412 e. The maximum Gasteiger partial charge on any atom is 0.223 e. The van der Waals surface area contributed by atoms with Gasteiger partial charge in [0.1, 0.15) is 5.78 Å². The van der Waals surface area contributed by atoms with E-state index in [2.05, 4.69) is 96.3 Å². The lowest BCUT2D eigenvalue weighted by Crippen LogP contribution is -2.53. The molecule has 0 aromatic carbocycles. The number of carbonyl (C=O) groups excluding carboxylic acids is 2. The number of carbonyl (C=O) groups is 2. The van der Waals surface area contributed by atoms with E-state index in [1.807, 2.05) is 20.8 Å². The molecule has 2 rings (SSSR count). The maximum atomic E-state index is 14.2. The highest BCUT2D eigenvalue weighted by atomic mass is 32.1. The van der Waals surface area contributed by atoms with Gasteiger partial charge < -0.3 is 9.74 Å². The van der Waals surface area contributed by atoms with Crippen LogP contribution in [-0.4, -0.2) is 37.1 Å². The highest BCUT2D eigenvalue weighted by Gasteiger charge is 2.47. The summed E-state index contributed by atoms with van der Waals surface area (Å²) >= 11 is 1.63. The number of thiazole rings is 1. The van der Waals surface area contributed by atoms with E-state index in [1.54, 1.807) is 11.3 Å². The summed E-state index contributed by atoms with van der Waals surface area (Å²) < 4.78 is 6.95. The Morgan fingerprint density at radius 3 is 2.34 bits per heavy atom. The van der Waals surface area contributed by atoms with Gasteiger partial charge in [0.2, 0.25) is 5.91 Å². The number of amides is 1. The van der Waals surface area contributed by atoms with Gasteiger partial charge in [0.15, 0.2) is 8.32 Å². The van der Waals surface area contributed by atoms with Gasteiger partial charge in [-0.2, -0.15) is 0 Å². The predicted octanol–water partition coefficient (Wildman–Crippen LogP) is 9.14. The summed E-state index contributed by atoms with van der Waals surface area (Å²) in [6.07, 6.45) is 8.00. The first-order valence-corrected chi connectivity index (χ1v) is 19.3. The molecular formula is C34H58N2O3SSi. The van der Waals surface area contributed by atoms with Crippen molar-refractivity contribution < 1.29 is 14.0 Å². The van der Waals surface area contributed by atoms with E-state index in [0.29, 0.717) is 5.92 Å². The number of nitrogens with one attached hydrogen (secondary N) is 1. The fourth-order valence-electron chi connectivity index (χ4n) is 5.44. The van der Waals surface area contributed by atoms with Crippen molar-refractivity contribution in [3.8, 4) is 0 Å². The van der Waals surface area contributed by atoms with Crippen LogP contribution in [0.5, 0.6) is 0 Å². The largest absolute Gasteiger partial charge is 0.412 e. The molecule has 1 aromatic rings. The lowest BCUT2D eigenvalue weighted by Gasteiger charge is -2.45. The minimum atomic E-state index is -2.27. The lowest BCUT2D eigenvalue weighted by atomic mass is 9.70. The number of hydrogen-bond acceptors (Lipinski definition) is 5. The molecule has 1 aromatic heterocycles. The second-order valence-corrected chi connectivity index (χ2v) is 20.6. The molecule has 41 heavy (non-hydrogen) atoms. The third kappa shape index (κ3) is 9.72. The Kier molecular flexibility index (Phi) is 12.4. The van der Waals surface area contributed by atoms with Gasteiger partial charge in [-0.1, -0.05) is 73.5 Å². The van der Waals surface area contributed by atoms with E-state index in [-0.39, 0.29) is 41.0 Å². The molecule has 0 saturated carbocycles. The Bertz CT molecular complexity index is 1110. The van der Waals surface area contributed by atoms with Crippen LogP contribution < -0.4 is 5.32 Å². The molecule has 0 radical (unpaired) electrons. The molecule has 0 saturated heterocycles. The highest BCUT2D eigenvalue weighted by Crippen LogP contribution is 2.42. The summed E-state index contributed by atoms with van der Waals surface area (Å²) in [5.74, 6) is 0.708. The number of aromatic nitrogens is 1. The standard InChI is InChI=1S/C34H58N2O3SSi/c1-22-16-14-15-17-23(2)25(4)26(5)32(38)34(10,11)30(39-41(12,13)33(7,8)9)20-31(37)36-29(18-22)24(3)19-28-21-40-27(6)35-28/h16,19,21,23,25-26,29-30H,14-15,17-18,20H2,1-13H3,(H,36,37)/b22-16-,24-19+/t23-,25-,26+,29-,30-/m0/s1. The highest BCUT2D eigenvalue weighted by molar-refractivity contribution is 7.09. The van der Waals surface area contributed by atoms with Crippen molar-refractivity contribution in [3.63, 3.8) is 0 Å². The van der Waals surface area contributed by atoms with Crippen LogP contribution in [0.1, 0.15) is 112 Å². The van der Waals surface area contributed by atoms with E-state index in [4.69, 9.17) is 4.43 Å². The summed E-state index contributed by atoms with van der Waals surface area (Å²) in [6.45, 7) is 27.8. The molecule has 1 aliphatic rings. The van der Waals surface area contributed by atoms with Gasteiger partial charge in [-0.25, -0.2) is 4.98 Å². The number of ketones is 1. The molecule has 0 unspecified atom stereocenters. The molecule has 232 valence electrons. The van der Waals surface area contributed by atoms with E-state index in [1.165, 1.54) is 5.57 Å². The summed E-state index contributed by atoms with van der Waals surface area (Å²) in [6, 6.07) is -0.154. The summed E-state index contributed by atoms with van der Waals surface area (Å²) in [4.78, 5) is 32.6. The number of allylic oxidation sites excluding steroid dienone is 1. The van der Waals surface area contributed by atoms with Crippen molar-refractivity contribution in [3.05, 3.63) is 33.3 Å². The van der Waals surface area contributed by atoms with Crippen LogP contribution in [0.25, 0.3) is 6.08 Å². The second kappa shape index (κ2) is 14.3. The Hall–Kier alpha value is -1.57. The Labute approximate surface area is 256 Å². The van der Waals surface area contributed by atoms with Crippen LogP contribution in [0.15, 0.2) is 22.6 Å². The fourth-order valence-corrected chi connectivity index (χ4v) is 7.45. The molecule has 0 spiro atoms. The fraction of sp³-hybridized carbons (Fsp3) is 0.735. The number of rotatable bonds is 4. The first-order valence-electron chi connectivity index (χ1n) is 15.5. The van der Waals surface area contributed by atoms with Crippen LogP contribution in [0.3, 0.4) is 0 Å². The molecule has 5 atom stereocenters. The van der Waals surface area contributed by atoms with E-state index >= 15 is 0 Å². The molecule has 5 nitrogen and oxygen atoms in total. The molecule has 7 heteroatoms. The molecule has 0 aliphatic carbocycles. The zero-order chi connectivity index (χ0) is 31.3. The molecule has 1 N–H and O–H groups in total. The topological polar surface area (TPSA) is 68.3 Å². The quantitative estimate of drug-likeness (QED) is 0.276. The smallest absolute Gasteiger partial charge is 0.223 e. The van der Waals surface area contributed by atoms with Gasteiger partial charge in [-0.3, -0.25) is 9.59 Å². The molecule has 1 aliphatic heterocycles. The third-order valence-corrected chi connectivity index (χ3v) is 15.2. The van der Waals surface area contributed by atoms with Gasteiger partial charge in [-0.05, 0) is 81.7 Å². The molecular weight excluding hydrogens is 545 g/mol. The molecule has 0 bridgehead atoms. The lowest BCUT2D eigenvalue weighted by molar-refractivity contribution is -0.140. The first kappa shape index (κ1) is 35.6. The monoisotopic (exact) mass is 602 g/mol. The second-order valence-electron chi connectivity index (χ2n) is 14.8. The number of hydrogen-bond donors (Lipinski definition) is 1. The zero-order valence-corrected chi connectivity index (χ0v) is 30.1. The van der Waals surface area contributed by atoms with Gasteiger partial charge >= 0.3 is 0 Å². The Morgan fingerprint density at radius 2 is 1.78 bits per heavy atom.